The first-order valence-electron chi connectivity index (χ1n) is 16.7. The minimum Gasteiger partial charge on any atom is -0.490 e. The van der Waals surface area contributed by atoms with E-state index in [0.29, 0.717) is 24.0 Å². The Morgan fingerprint density at radius 1 is 1.16 bits per heavy atom. The largest absolute Gasteiger partial charge is 0.490 e. The highest BCUT2D eigenvalue weighted by molar-refractivity contribution is 7.96. The fourth-order valence-corrected chi connectivity index (χ4v) is 9.33. The standard InChI is InChI=1S/C36H50ClN3O3SSi/c1-24-9-7-11-32(43-45(5,6)35(2,3)4)29-15-12-27(29)21-40-22-36(18-8-10-25-19-28(37)14-16-30(25)36)23-42-33-17-13-26(20-31(33)40)34(41)39-44-38-24/h7,11,13-14,16-17,19-20,24,27,29,32,38H,8-10,12,15,18,21-23H2,1-6H3,(H,39,41)/b11-7-/t24-,27-,29+,32-,36-/m0/s1. The highest BCUT2D eigenvalue weighted by atomic mass is 35.5. The number of hydrogen-bond acceptors (Lipinski definition) is 6. The molecule has 1 fully saturated rings. The molecule has 1 spiro atoms. The molecule has 1 amide bonds. The summed E-state index contributed by atoms with van der Waals surface area (Å²) in [5, 5.41) is 0.935. The lowest BCUT2D eigenvalue weighted by Crippen LogP contribution is -2.52. The van der Waals surface area contributed by atoms with Gasteiger partial charge in [-0.2, -0.15) is 0 Å². The lowest BCUT2D eigenvalue weighted by molar-refractivity contribution is 0.0524. The number of fused-ring (bicyclic) bond motifs is 4. The third-order valence-corrected chi connectivity index (χ3v) is 16.6. The highest BCUT2D eigenvalue weighted by Crippen LogP contribution is 2.48. The number of hydrogen-bond donors (Lipinski definition) is 2. The molecule has 2 aromatic rings. The number of halogens is 1. The fraction of sp³-hybridized carbons (Fsp3) is 0.583. The van der Waals surface area contributed by atoms with Crippen LogP contribution < -0.4 is 19.1 Å². The van der Waals surface area contributed by atoms with Gasteiger partial charge in [0, 0.05) is 47.3 Å². The summed E-state index contributed by atoms with van der Waals surface area (Å²) in [6, 6.07) is 12.5. The van der Waals surface area contributed by atoms with Gasteiger partial charge in [-0.05, 0) is 117 Å². The molecule has 2 aromatic carbocycles. The molecule has 6 rings (SSSR count). The smallest absolute Gasteiger partial charge is 0.262 e. The molecule has 1 saturated carbocycles. The molecule has 0 aromatic heterocycles. The summed E-state index contributed by atoms with van der Waals surface area (Å²) in [6.45, 7) is 16.2. The van der Waals surface area contributed by atoms with Gasteiger partial charge in [-0.1, -0.05) is 50.6 Å². The summed E-state index contributed by atoms with van der Waals surface area (Å²) in [7, 11) is -2.00. The van der Waals surface area contributed by atoms with Gasteiger partial charge in [-0.15, -0.1) is 0 Å². The van der Waals surface area contributed by atoms with Crippen molar-refractivity contribution in [2.24, 2.45) is 11.8 Å². The summed E-state index contributed by atoms with van der Waals surface area (Å²) >= 11 is 7.73. The van der Waals surface area contributed by atoms with Crippen molar-refractivity contribution in [1.82, 2.24) is 9.44 Å². The van der Waals surface area contributed by atoms with Crippen LogP contribution in [-0.2, 0) is 16.3 Å². The van der Waals surface area contributed by atoms with E-state index in [0.717, 1.165) is 55.2 Å². The molecule has 2 bridgehead atoms. The first-order valence-corrected chi connectivity index (χ1v) is 20.8. The molecule has 2 heterocycles. The number of ether oxygens (including phenoxy) is 1. The number of benzene rings is 2. The van der Waals surface area contributed by atoms with Crippen LogP contribution in [0.25, 0.3) is 0 Å². The molecule has 0 radical (unpaired) electrons. The molecule has 9 heteroatoms. The third kappa shape index (κ3) is 6.87. The summed E-state index contributed by atoms with van der Waals surface area (Å²) in [5.41, 5.74) is 4.22. The van der Waals surface area contributed by atoms with Crippen molar-refractivity contribution in [3.63, 3.8) is 0 Å². The van der Waals surface area contributed by atoms with E-state index in [4.69, 9.17) is 20.8 Å². The highest BCUT2D eigenvalue weighted by Gasteiger charge is 2.46. The Labute approximate surface area is 280 Å². The van der Waals surface area contributed by atoms with Gasteiger partial charge < -0.3 is 14.1 Å². The Hall–Kier alpha value is -1.97. The number of rotatable bonds is 2. The van der Waals surface area contributed by atoms with Crippen LogP contribution in [0.4, 0.5) is 5.69 Å². The van der Waals surface area contributed by atoms with Crippen LogP contribution in [0.15, 0.2) is 48.6 Å². The van der Waals surface area contributed by atoms with E-state index in [1.54, 1.807) is 0 Å². The van der Waals surface area contributed by atoms with Crippen molar-refractivity contribution < 1.29 is 14.0 Å². The maximum Gasteiger partial charge on any atom is 0.262 e. The second-order valence-corrected chi connectivity index (χ2v) is 21.2. The maximum absolute atomic E-state index is 13.3. The minimum absolute atomic E-state index is 0.0950. The normalized spacial score (nSPS) is 29.8. The van der Waals surface area contributed by atoms with E-state index in [2.05, 4.69) is 79.4 Å². The first kappa shape index (κ1) is 32.9. The van der Waals surface area contributed by atoms with Crippen LogP contribution in [0, 0.1) is 11.8 Å². The maximum atomic E-state index is 13.3. The number of anilines is 1. The van der Waals surface area contributed by atoms with E-state index in [1.807, 2.05) is 24.3 Å². The fourth-order valence-electron chi connectivity index (χ4n) is 7.28. The first-order chi connectivity index (χ1) is 21.3. The van der Waals surface area contributed by atoms with E-state index >= 15 is 0 Å². The molecular formula is C36H50ClN3O3SSi. The van der Waals surface area contributed by atoms with Crippen LogP contribution in [0.5, 0.6) is 5.75 Å². The van der Waals surface area contributed by atoms with Crippen LogP contribution in [0.2, 0.25) is 23.2 Å². The molecule has 2 aliphatic carbocycles. The predicted molar refractivity (Wildman–Crippen MR) is 190 cm³/mol. The molecule has 6 nitrogen and oxygen atoms in total. The molecule has 244 valence electrons. The van der Waals surface area contributed by atoms with Crippen molar-refractivity contribution in [2.45, 2.75) is 102 Å². The summed E-state index contributed by atoms with van der Waals surface area (Å²) in [4.78, 5) is 15.8. The minimum atomic E-state index is -2.00. The van der Waals surface area contributed by atoms with Crippen LogP contribution >= 0.6 is 23.7 Å². The second-order valence-electron chi connectivity index (χ2n) is 15.3. The Bertz CT molecular complexity index is 1450. The quantitative estimate of drug-likeness (QED) is 0.190. The van der Waals surface area contributed by atoms with E-state index in [-0.39, 0.29) is 28.5 Å². The van der Waals surface area contributed by atoms with Gasteiger partial charge in [0.15, 0.2) is 8.32 Å². The molecule has 0 saturated heterocycles. The zero-order valence-electron chi connectivity index (χ0n) is 27.8. The molecule has 2 aliphatic heterocycles. The van der Waals surface area contributed by atoms with Crippen molar-refractivity contribution in [3.05, 3.63) is 70.3 Å². The Morgan fingerprint density at radius 2 is 1.98 bits per heavy atom. The third-order valence-electron chi connectivity index (χ3n) is 11.1. The average Bonchev–Trinajstić information content (AvgIpc) is 3.11. The van der Waals surface area contributed by atoms with Crippen LogP contribution in [0.3, 0.4) is 0 Å². The van der Waals surface area contributed by atoms with Gasteiger partial charge in [-0.25, -0.2) is 4.72 Å². The topological polar surface area (TPSA) is 62.8 Å². The van der Waals surface area contributed by atoms with E-state index in [9.17, 15) is 4.79 Å². The van der Waals surface area contributed by atoms with Crippen molar-refractivity contribution in [3.8, 4) is 5.75 Å². The van der Waals surface area contributed by atoms with Crippen LogP contribution in [-0.4, -0.2) is 46.1 Å². The van der Waals surface area contributed by atoms with Crippen molar-refractivity contribution in [2.75, 3.05) is 24.6 Å². The lowest BCUT2D eigenvalue weighted by Gasteiger charge is -2.48. The number of carbonyl (C=O) groups excluding carboxylic acids is 1. The Morgan fingerprint density at radius 3 is 2.73 bits per heavy atom. The Kier molecular flexibility index (Phi) is 9.45. The molecule has 2 N–H and O–H groups in total. The van der Waals surface area contributed by atoms with Gasteiger partial charge in [0.05, 0.1) is 18.4 Å². The van der Waals surface area contributed by atoms with Crippen LogP contribution in [0.1, 0.15) is 81.3 Å². The van der Waals surface area contributed by atoms with Gasteiger partial charge in [0.2, 0.25) is 0 Å². The Balaban J connectivity index is 1.39. The van der Waals surface area contributed by atoms with E-state index < -0.39 is 8.32 Å². The molecular weight excluding hydrogens is 618 g/mol. The van der Waals surface area contributed by atoms with Crippen molar-refractivity contribution in [1.29, 1.82) is 0 Å². The van der Waals surface area contributed by atoms with E-state index in [1.165, 1.54) is 36.1 Å². The molecule has 0 unspecified atom stereocenters. The number of nitrogens with zero attached hydrogens (tertiary/aromatic N) is 1. The predicted octanol–water partition coefficient (Wildman–Crippen LogP) is 8.46. The molecule has 5 atom stereocenters. The van der Waals surface area contributed by atoms with Gasteiger partial charge in [-0.3, -0.25) is 9.52 Å². The van der Waals surface area contributed by atoms with Gasteiger partial charge in [0.1, 0.15) is 5.75 Å². The number of carbonyl (C=O) groups is 1. The summed E-state index contributed by atoms with van der Waals surface area (Å²) in [6.07, 6.45) is 11.2. The molecule has 4 aliphatic rings. The average molecular weight is 668 g/mol. The van der Waals surface area contributed by atoms with Crippen molar-refractivity contribution >= 4 is 43.6 Å². The zero-order valence-corrected chi connectivity index (χ0v) is 30.3. The van der Waals surface area contributed by atoms with Gasteiger partial charge >= 0.3 is 0 Å². The molecule has 45 heavy (non-hydrogen) atoms. The second kappa shape index (κ2) is 12.9. The number of amides is 1. The number of nitrogens with one attached hydrogen (secondary N) is 2. The number of aryl methyl sites for hydroxylation is 1. The lowest BCUT2D eigenvalue weighted by atomic mass is 9.68. The summed E-state index contributed by atoms with van der Waals surface area (Å²) < 4.78 is 20.3. The summed E-state index contributed by atoms with van der Waals surface area (Å²) in [5.74, 6) is 1.69. The zero-order chi connectivity index (χ0) is 32.0. The van der Waals surface area contributed by atoms with Gasteiger partial charge in [0.25, 0.3) is 5.91 Å². The SMILES string of the molecule is C[C@H]1C/C=C\[C@H](O[Si](C)(C)C(C)(C)C)[C@@H]2CC[C@H]2CN2C[C@@]3(CCCc4cc(Cl)ccc43)COc3ccc(cc32)C(=O)NSN1. The monoisotopic (exact) mass is 667 g/mol.